The summed E-state index contributed by atoms with van der Waals surface area (Å²) in [6, 6.07) is 4.42. The number of phenolic OH excluding ortho intramolecular Hbond substituents is 1. The van der Waals surface area contributed by atoms with Crippen molar-refractivity contribution in [2.24, 2.45) is 11.8 Å². The molecule has 1 saturated carbocycles. The SMILES string of the molecule is CC1CCCCC1CNC(=O)c1cc(O)ccc1Cl. The van der Waals surface area contributed by atoms with Crippen LogP contribution in [0.3, 0.4) is 0 Å². The highest BCUT2D eigenvalue weighted by atomic mass is 35.5. The molecule has 0 saturated heterocycles. The molecule has 1 aromatic rings. The molecule has 1 aromatic carbocycles. The van der Waals surface area contributed by atoms with Crippen molar-refractivity contribution in [3.05, 3.63) is 28.8 Å². The highest BCUT2D eigenvalue weighted by Gasteiger charge is 2.22. The number of hydrogen-bond donors (Lipinski definition) is 2. The van der Waals surface area contributed by atoms with E-state index in [2.05, 4.69) is 12.2 Å². The Bertz CT molecular complexity index is 461. The molecule has 1 aliphatic rings. The van der Waals surface area contributed by atoms with Gasteiger partial charge < -0.3 is 10.4 Å². The summed E-state index contributed by atoms with van der Waals surface area (Å²) in [5.74, 6) is 1.06. The van der Waals surface area contributed by atoms with E-state index in [1.54, 1.807) is 0 Å². The van der Waals surface area contributed by atoms with Gasteiger partial charge in [0.25, 0.3) is 5.91 Å². The number of phenols is 1. The van der Waals surface area contributed by atoms with Crippen LogP contribution < -0.4 is 5.32 Å². The van der Waals surface area contributed by atoms with Crippen LogP contribution >= 0.6 is 11.6 Å². The van der Waals surface area contributed by atoms with Gasteiger partial charge in [0.05, 0.1) is 10.6 Å². The standard InChI is InChI=1S/C15H20ClNO2/c1-10-4-2-3-5-11(10)9-17-15(19)13-8-12(18)6-7-14(13)16/h6-8,10-11,18H,2-5,9H2,1H3,(H,17,19). The van der Waals surface area contributed by atoms with Crippen LogP contribution in [0.25, 0.3) is 0 Å². The number of aromatic hydroxyl groups is 1. The maximum Gasteiger partial charge on any atom is 0.252 e. The molecule has 1 fully saturated rings. The average molecular weight is 282 g/mol. The van der Waals surface area contributed by atoms with E-state index in [1.165, 1.54) is 43.9 Å². The summed E-state index contributed by atoms with van der Waals surface area (Å²) in [6.45, 7) is 2.93. The van der Waals surface area contributed by atoms with Crippen LogP contribution in [-0.4, -0.2) is 17.6 Å². The monoisotopic (exact) mass is 281 g/mol. The fourth-order valence-corrected chi connectivity index (χ4v) is 2.91. The van der Waals surface area contributed by atoms with E-state index in [0.29, 0.717) is 29.0 Å². The van der Waals surface area contributed by atoms with Crippen molar-refractivity contribution in [2.45, 2.75) is 32.6 Å². The molecule has 2 N–H and O–H groups in total. The summed E-state index contributed by atoms with van der Waals surface area (Å²) < 4.78 is 0. The minimum Gasteiger partial charge on any atom is -0.508 e. The molecule has 0 spiro atoms. The number of halogens is 1. The summed E-state index contributed by atoms with van der Waals surface area (Å²) in [6.07, 6.45) is 4.96. The minimum absolute atomic E-state index is 0.0561. The third-order valence-electron chi connectivity index (χ3n) is 4.01. The van der Waals surface area contributed by atoms with Gasteiger partial charge in [-0.1, -0.05) is 37.8 Å². The number of benzene rings is 1. The van der Waals surface area contributed by atoms with E-state index < -0.39 is 0 Å². The second-order valence-corrected chi connectivity index (χ2v) is 5.80. The van der Waals surface area contributed by atoms with Gasteiger partial charge in [-0.15, -0.1) is 0 Å². The molecule has 4 heteroatoms. The van der Waals surface area contributed by atoms with Gasteiger partial charge in [0.2, 0.25) is 0 Å². The Morgan fingerprint density at radius 2 is 2.16 bits per heavy atom. The summed E-state index contributed by atoms with van der Waals surface area (Å²) in [5.41, 5.74) is 0.338. The maximum atomic E-state index is 12.1. The molecule has 0 aromatic heterocycles. The fraction of sp³-hybridized carbons (Fsp3) is 0.533. The van der Waals surface area contributed by atoms with Crippen molar-refractivity contribution < 1.29 is 9.90 Å². The number of carbonyl (C=O) groups excluding carboxylic acids is 1. The number of hydrogen-bond acceptors (Lipinski definition) is 2. The van der Waals surface area contributed by atoms with Crippen LogP contribution in [0.1, 0.15) is 43.0 Å². The van der Waals surface area contributed by atoms with Crippen molar-refractivity contribution in [2.75, 3.05) is 6.54 Å². The van der Waals surface area contributed by atoms with Gasteiger partial charge in [-0.25, -0.2) is 0 Å². The van der Waals surface area contributed by atoms with Crippen LogP contribution in [0.4, 0.5) is 0 Å². The number of nitrogens with one attached hydrogen (secondary N) is 1. The lowest BCUT2D eigenvalue weighted by Crippen LogP contribution is -2.33. The predicted molar refractivity (Wildman–Crippen MR) is 76.6 cm³/mol. The van der Waals surface area contributed by atoms with Crippen LogP contribution in [-0.2, 0) is 0 Å². The van der Waals surface area contributed by atoms with Gasteiger partial charge in [0, 0.05) is 6.54 Å². The lowest BCUT2D eigenvalue weighted by atomic mass is 9.80. The first-order valence-corrected chi connectivity index (χ1v) is 7.22. The predicted octanol–water partition coefficient (Wildman–Crippen LogP) is 3.60. The largest absolute Gasteiger partial charge is 0.508 e. The summed E-state index contributed by atoms with van der Waals surface area (Å²) in [4.78, 5) is 12.1. The van der Waals surface area contributed by atoms with E-state index in [1.807, 2.05) is 0 Å². The van der Waals surface area contributed by atoms with Gasteiger partial charge in [0.15, 0.2) is 0 Å². The number of carbonyl (C=O) groups is 1. The summed E-state index contributed by atoms with van der Waals surface area (Å²) in [5, 5.41) is 12.7. The first-order valence-electron chi connectivity index (χ1n) is 6.84. The van der Waals surface area contributed by atoms with E-state index >= 15 is 0 Å². The number of rotatable bonds is 3. The van der Waals surface area contributed by atoms with E-state index in [4.69, 9.17) is 11.6 Å². The zero-order chi connectivity index (χ0) is 13.8. The van der Waals surface area contributed by atoms with Crippen LogP contribution in [0.5, 0.6) is 5.75 Å². The van der Waals surface area contributed by atoms with Crippen LogP contribution in [0, 0.1) is 11.8 Å². The Balaban J connectivity index is 1.95. The Morgan fingerprint density at radius 3 is 2.89 bits per heavy atom. The van der Waals surface area contributed by atoms with E-state index in [0.717, 1.165) is 0 Å². The molecular weight excluding hydrogens is 262 g/mol. The number of amides is 1. The molecule has 0 aliphatic heterocycles. The quantitative estimate of drug-likeness (QED) is 0.889. The Labute approximate surface area is 119 Å². The Morgan fingerprint density at radius 1 is 1.42 bits per heavy atom. The first-order chi connectivity index (χ1) is 9.08. The molecule has 0 radical (unpaired) electrons. The summed E-state index contributed by atoms with van der Waals surface area (Å²) >= 11 is 5.97. The molecule has 1 aliphatic carbocycles. The molecule has 2 rings (SSSR count). The first kappa shape index (κ1) is 14.2. The maximum absolute atomic E-state index is 12.1. The second-order valence-electron chi connectivity index (χ2n) is 5.40. The van der Waals surface area contributed by atoms with Crippen molar-refractivity contribution in [3.8, 4) is 5.75 Å². The van der Waals surface area contributed by atoms with Crippen LogP contribution in [0.2, 0.25) is 5.02 Å². The Hall–Kier alpha value is -1.22. The normalized spacial score (nSPS) is 23.1. The zero-order valence-corrected chi connectivity index (χ0v) is 11.9. The Kier molecular flexibility index (Phi) is 4.70. The third kappa shape index (κ3) is 3.63. The highest BCUT2D eigenvalue weighted by Crippen LogP contribution is 2.29. The van der Waals surface area contributed by atoms with E-state index in [-0.39, 0.29) is 11.7 Å². The topological polar surface area (TPSA) is 49.3 Å². The molecule has 3 nitrogen and oxygen atoms in total. The van der Waals surface area contributed by atoms with Gasteiger partial charge in [-0.3, -0.25) is 4.79 Å². The van der Waals surface area contributed by atoms with Gasteiger partial charge in [-0.2, -0.15) is 0 Å². The zero-order valence-electron chi connectivity index (χ0n) is 11.2. The fourth-order valence-electron chi connectivity index (χ4n) is 2.70. The van der Waals surface area contributed by atoms with E-state index in [9.17, 15) is 9.90 Å². The minimum atomic E-state index is -0.210. The van der Waals surface area contributed by atoms with Gasteiger partial charge in [-0.05, 0) is 36.5 Å². The van der Waals surface area contributed by atoms with Crippen LogP contribution in [0.15, 0.2) is 18.2 Å². The van der Waals surface area contributed by atoms with Gasteiger partial charge >= 0.3 is 0 Å². The lowest BCUT2D eigenvalue weighted by molar-refractivity contribution is 0.0936. The van der Waals surface area contributed by atoms with Crippen molar-refractivity contribution in [1.82, 2.24) is 5.32 Å². The summed E-state index contributed by atoms with van der Waals surface area (Å²) in [7, 11) is 0. The molecule has 2 unspecified atom stereocenters. The van der Waals surface area contributed by atoms with Crippen molar-refractivity contribution in [3.63, 3.8) is 0 Å². The second kappa shape index (κ2) is 6.29. The molecule has 0 bridgehead atoms. The molecule has 0 heterocycles. The van der Waals surface area contributed by atoms with Crippen molar-refractivity contribution >= 4 is 17.5 Å². The average Bonchev–Trinajstić information content (AvgIpc) is 2.40. The highest BCUT2D eigenvalue weighted by molar-refractivity contribution is 6.33. The smallest absolute Gasteiger partial charge is 0.252 e. The van der Waals surface area contributed by atoms with Crippen molar-refractivity contribution in [1.29, 1.82) is 0 Å². The molecular formula is C15H20ClNO2. The molecule has 1 amide bonds. The molecule has 2 atom stereocenters. The van der Waals surface area contributed by atoms with Gasteiger partial charge in [0.1, 0.15) is 5.75 Å². The molecule has 19 heavy (non-hydrogen) atoms. The lowest BCUT2D eigenvalue weighted by Gasteiger charge is -2.28. The third-order valence-corrected chi connectivity index (χ3v) is 4.34. The molecule has 104 valence electrons.